The van der Waals surface area contributed by atoms with Crippen molar-refractivity contribution in [3.8, 4) is 0 Å². The van der Waals surface area contributed by atoms with Gasteiger partial charge < -0.3 is 14.2 Å². The largest absolute Gasteiger partial charge is 0.462 e. The highest BCUT2D eigenvalue weighted by molar-refractivity contribution is 5.71. The number of rotatable bonds is 53. The summed E-state index contributed by atoms with van der Waals surface area (Å²) in [5.41, 5.74) is 0. The van der Waals surface area contributed by atoms with Crippen molar-refractivity contribution < 1.29 is 28.6 Å². The Kier molecular flexibility index (Phi) is 53.8. The van der Waals surface area contributed by atoms with Crippen LogP contribution in [0.15, 0.2) is 48.6 Å². The lowest BCUT2D eigenvalue weighted by atomic mass is 10.0. The number of hydrogen-bond acceptors (Lipinski definition) is 6. The third-order valence-electron chi connectivity index (χ3n) is 12.8. The van der Waals surface area contributed by atoms with Crippen LogP contribution in [0, 0.1) is 0 Å². The molecule has 67 heavy (non-hydrogen) atoms. The van der Waals surface area contributed by atoms with E-state index in [-0.39, 0.29) is 31.1 Å². The van der Waals surface area contributed by atoms with E-state index >= 15 is 0 Å². The molecule has 0 bridgehead atoms. The molecule has 0 aliphatic heterocycles. The van der Waals surface area contributed by atoms with E-state index in [0.717, 1.165) is 77.0 Å². The number of hydrogen-bond donors (Lipinski definition) is 0. The van der Waals surface area contributed by atoms with Crippen LogP contribution in [0.5, 0.6) is 0 Å². The van der Waals surface area contributed by atoms with E-state index in [2.05, 4.69) is 69.4 Å². The molecule has 0 amide bonds. The average Bonchev–Trinajstić information content (AvgIpc) is 3.33. The number of carbonyl (C=O) groups excluding carboxylic acids is 3. The molecule has 0 saturated heterocycles. The van der Waals surface area contributed by atoms with Crippen LogP contribution < -0.4 is 0 Å². The minimum atomic E-state index is -0.777. The minimum Gasteiger partial charge on any atom is -0.462 e. The second kappa shape index (κ2) is 56.0. The predicted molar refractivity (Wildman–Crippen MR) is 289 cm³/mol. The molecule has 0 aromatic rings. The fourth-order valence-corrected chi connectivity index (χ4v) is 8.39. The van der Waals surface area contributed by atoms with Crippen molar-refractivity contribution in [2.75, 3.05) is 13.2 Å². The molecule has 390 valence electrons. The van der Waals surface area contributed by atoms with Crippen LogP contribution in [-0.2, 0) is 28.6 Å². The Balaban J connectivity index is 4.35. The maximum atomic E-state index is 12.9. The summed E-state index contributed by atoms with van der Waals surface area (Å²) >= 11 is 0. The number of allylic oxidation sites excluding steroid dienone is 8. The molecule has 1 atom stereocenters. The molecule has 0 fully saturated rings. The first-order valence-electron chi connectivity index (χ1n) is 29.1. The third-order valence-corrected chi connectivity index (χ3v) is 12.8. The Morgan fingerprint density at radius 2 is 0.537 bits per heavy atom. The topological polar surface area (TPSA) is 78.9 Å². The van der Waals surface area contributed by atoms with Gasteiger partial charge in [0.05, 0.1) is 0 Å². The second-order valence-corrected chi connectivity index (χ2v) is 19.6. The van der Waals surface area contributed by atoms with E-state index in [9.17, 15) is 14.4 Å². The summed E-state index contributed by atoms with van der Waals surface area (Å²) in [4.78, 5) is 38.2. The minimum absolute atomic E-state index is 0.0746. The van der Waals surface area contributed by atoms with E-state index in [1.807, 2.05) is 0 Å². The summed E-state index contributed by atoms with van der Waals surface area (Å²) in [6.45, 7) is 6.61. The third kappa shape index (κ3) is 54.2. The zero-order valence-corrected chi connectivity index (χ0v) is 44.7. The number of esters is 3. The summed E-state index contributed by atoms with van der Waals surface area (Å²) in [6, 6.07) is 0. The van der Waals surface area contributed by atoms with Crippen LogP contribution >= 0.6 is 0 Å². The fourth-order valence-electron chi connectivity index (χ4n) is 8.39. The van der Waals surface area contributed by atoms with E-state index in [1.54, 1.807) is 0 Å². The highest BCUT2D eigenvalue weighted by Gasteiger charge is 2.19. The monoisotopic (exact) mass is 939 g/mol. The van der Waals surface area contributed by atoms with Crippen LogP contribution in [0.2, 0.25) is 0 Å². The Bertz CT molecular complexity index is 1170. The van der Waals surface area contributed by atoms with Crippen molar-refractivity contribution in [1.82, 2.24) is 0 Å². The summed E-state index contributed by atoms with van der Waals surface area (Å²) in [5, 5.41) is 0. The molecule has 1 unspecified atom stereocenters. The Hall–Kier alpha value is -2.63. The molecule has 0 aliphatic rings. The van der Waals surface area contributed by atoms with Crippen LogP contribution in [0.3, 0.4) is 0 Å². The molecule has 0 aromatic heterocycles. The van der Waals surface area contributed by atoms with Crippen molar-refractivity contribution in [2.24, 2.45) is 0 Å². The van der Waals surface area contributed by atoms with Gasteiger partial charge in [0, 0.05) is 19.3 Å². The van der Waals surface area contributed by atoms with Gasteiger partial charge in [-0.05, 0) is 83.5 Å². The van der Waals surface area contributed by atoms with Gasteiger partial charge in [-0.25, -0.2) is 0 Å². The van der Waals surface area contributed by atoms with Gasteiger partial charge in [0.25, 0.3) is 0 Å². The lowest BCUT2D eigenvalue weighted by molar-refractivity contribution is -0.167. The van der Waals surface area contributed by atoms with Gasteiger partial charge in [0.15, 0.2) is 6.10 Å². The molecule has 0 N–H and O–H groups in total. The maximum absolute atomic E-state index is 12.9. The summed E-state index contributed by atoms with van der Waals surface area (Å²) in [5.74, 6) is -0.872. The highest BCUT2D eigenvalue weighted by Crippen LogP contribution is 2.16. The molecule has 0 radical (unpaired) electrons. The van der Waals surface area contributed by atoms with Crippen molar-refractivity contribution in [1.29, 1.82) is 0 Å². The van der Waals surface area contributed by atoms with E-state index in [4.69, 9.17) is 14.2 Å². The number of carbonyl (C=O) groups is 3. The first-order chi connectivity index (χ1) is 33.0. The van der Waals surface area contributed by atoms with Gasteiger partial charge in [-0.2, -0.15) is 0 Å². The zero-order valence-electron chi connectivity index (χ0n) is 44.7. The van der Waals surface area contributed by atoms with E-state index < -0.39 is 6.10 Å². The SMILES string of the molecule is CCCCC/C=C\C/C=C\CCCCCCCCCCCC(=O)OCC(COC(=O)CCCCCCCCCCCCCCC)OC(=O)CCCCCCCCC/C=C\C/C=C\CCCCC. The molecular weight excluding hydrogens is 829 g/mol. The Labute approximate surface area is 416 Å². The molecule has 6 nitrogen and oxygen atoms in total. The predicted octanol–water partition coefficient (Wildman–Crippen LogP) is 19.4. The molecule has 0 rings (SSSR count). The number of unbranched alkanes of at least 4 members (excludes halogenated alkanes) is 34. The standard InChI is InChI=1S/C61H110O6/c1-4-7-10-13-16-19-22-25-27-29-30-32-33-36-39-42-45-48-51-54-60(63)66-57-58(56-65-59(62)53-50-47-44-41-38-35-24-21-18-15-12-9-6-3)67-61(64)55-52-49-46-43-40-37-34-31-28-26-23-20-17-14-11-8-5-2/h16-17,19-20,25-28,58H,4-15,18,21-24,29-57H2,1-3H3/b19-16-,20-17-,27-25-,28-26-. The van der Waals surface area contributed by atoms with Crippen LogP contribution in [0.1, 0.15) is 303 Å². The average molecular weight is 940 g/mol. The lowest BCUT2D eigenvalue weighted by Gasteiger charge is -2.18. The first kappa shape index (κ1) is 64.4. The molecule has 0 aliphatic carbocycles. The second-order valence-electron chi connectivity index (χ2n) is 19.6. The van der Waals surface area contributed by atoms with Crippen LogP contribution in [0.4, 0.5) is 0 Å². The molecular formula is C61H110O6. The van der Waals surface area contributed by atoms with E-state index in [1.165, 1.54) is 186 Å². The number of ether oxygens (including phenoxy) is 3. The van der Waals surface area contributed by atoms with Crippen molar-refractivity contribution in [2.45, 2.75) is 309 Å². The van der Waals surface area contributed by atoms with Gasteiger partial charge in [0.2, 0.25) is 0 Å². The Morgan fingerprint density at radius 1 is 0.299 bits per heavy atom. The van der Waals surface area contributed by atoms with Gasteiger partial charge in [-0.3, -0.25) is 14.4 Å². The molecule has 0 spiro atoms. The molecule has 0 saturated carbocycles. The molecule has 6 heteroatoms. The molecule has 0 aromatic carbocycles. The summed E-state index contributed by atoms with van der Waals surface area (Å²) in [7, 11) is 0. The Morgan fingerprint density at radius 3 is 0.851 bits per heavy atom. The highest BCUT2D eigenvalue weighted by atomic mass is 16.6. The first-order valence-corrected chi connectivity index (χ1v) is 29.1. The quantitative estimate of drug-likeness (QED) is 0.0262. The smallest absolute Gasteiger partial charge is 0.306 e. The van der Waals surface area contributed by atoms with Crippen LogP contribution in [0.25, 0.3) is 0 Å². The van der Waals surface area contributed by atoms with Gasteiger partial charge in [-0.15, -0.1) is 0 Å². The summed E-state index contributed by atoms with van der Waals surface area (Å²) in [6.07, 6.45) is 68.1. The summed E-state index contributed by atoms with van der Waals surface area (Å²) < 4.78 is 16.9. The molecule has 0 heterocycles. The fraction of sp³-hybridized carbons (Fsp3) is 0.820. The van der Waals surface area contributed by atoms with Crippen molar-refractivity contribution in [3.05, 3.63) is 48.6 Å². The van der Waals surface area contributed by atoms with Crippen molar-refractivity contribution >= 4 is 17.9 Å². The lowest BCUT2D eigenvalue weighted by Crippen LogP contribution is -2.30. The normalized spacial score (nSPS) is 12.3. The zero-order chi connectivity index (χ0) is 48.6. The van der Waals surface area contributed by atoms with Gasteiger partial charge in [-0.1, -0.05) is 249 Å². The maximum Gasteiger partial charge on any atom is 0.306 e. The van der Waals surface area contributed by atoms with E-state index in [0.29, 0.717) is 19.3 Å². The van der Waals surface area contributed by atoms with Crippen molar-refractivity contribution in [3.63, 3.8) is 0 Å². The van der Waals surface area contributed by atoms with Gasteiger partial charge >= 0.3 is 17.9 Å². The van der Waals surface area contributed by atoms with Crippen LogP contribution in [-0.4, -0.2) is 37.2 Å². The van der Waals surface area contributed by atoms with Gasteiger partial charge in [0.1, 0.15) is 13.2 Å².